The van der Waals surface area contributed by atoms with Gasteiger partial charge in [-0.2, -0.15) is 0 Å². The minimum atomic E-state index is 0.631. The van der Waals surface area contributed by atoms with E-state index in [4.69, 9.17) is 23.2 Å². The summed E-state index contributed by atoms with van der Waals surface area (Å²) >= 11 is 12.5. The Morgan fingerprint density at radius 2 is 1.59 bits per heavy atom. The highest BCUT2D eigenvalue weighted by Crippen LogP contribution is 2.34. The molecule has 0 saturated heterocycles. The van der Waals surface area contributed by atoms with Crippen molar-refractivity contribution in [1.82, 2.24) is 9.55 Å². The van der Waals surface area contributed by atoms with Crippen LogP contribution in [0.1, 0.15) is 0 Å². The number of para-hydroxylation sites is 1. The first-order valence-electron chi connectivity index (χ1n) is 8.62. The standard InChI is InChI=1S/C23H14Cl2N2/c24-16-10-11-18(21(25)14-16)15-5-3-6-17(13-15)27-22-9-2-1-7-19(22)20-8-4-12-26-23(20)27/h1-14H. The van der Waals surface area contributed by atoms with E-state index in [0.717, 1.165) is 33.4 Å². The molecule has 0 aliphatic carbocycles. The zero-order valence-corrected chi connectivity index (χ0v) is 15.7. The minimum absolute atomic E-state index is 0.631. The largest absolute Gasteiger partial charge is 0.294 e. The third-order valence-corrected chi connectivity index (χ3v) is 5.33. The van der Waals surface area contributed by atoms with Crippen LogP contribution < -0.4 is 0 Å². The molecule has 0 aliphatic heterocycles. The first-order valence-corrected chi connectivity index (χ1v) is 9.38. The molecule has 2 aromatic heterocycles. The van der Waals surface area contributed by atoms with Crippen LogP contribution in [0.15, 0.2) is 85.1 Å². The molecule has 130 valence electrons. The molecule has 0 amide bonds. The average Bonchev–Trinajstić information content (AvgIpc) is 3.03. The molecule has 5 rings (SSSR count). The van der Waals surface area contributed by atoms with Crippen molar-refractivity contribution in [2.24, 2.45) is 0 Å². The molecule has 2 heterocycles. The fourth-order valence-corrected chi connectivity index (χ4v) is 4.11. The van der Waals surface area contributed by atoms with Crippen LogP contribution in [-0.4, -0.2) is 9.55 Å². The summed E-state index contributed by atoms with van der Waals surface area (Å²) in [6.07, 6.45) is 1.83. The topological polar surface area (TPSA) is 17.8 Å². The van der Waals surface area contributed by atoms with Crippen LogP contribution in [0.2, 0.25) is 10.0 Å². The van der Waals surface area contributed by atoms with E-state index in [2.05, 4.69) is 58.1 Å². The molecular formula is C23H14Cl2N2. The summed E-state index contributed by atoms with van der Waals surface area (Å²) in [5.74, 6) is 0. The van der Waals surface area contributed by atoms with Gasteiger partial charge in [0, 0.05) is 38.3 Å². The van der Waals surface area contributed by atoms with Crippen LogP contribution >= 0.6 is 23.2 Å². The van der Waals surface area contributed by atoms with E-state index in [1.54, 1.807) is 6.07 Å². The number of fused-ring (bicyclic) bond motifs is 3. The Morgan fingerprint density at radius 1 is 0.741 bits per heavy atom. The first kappa shape index (κ1) is 16.4. The zero-order valence-electron chi connectivity index (χ0n) is 14.2. The van der Waals surface area contributed by atoms with E-state index >= 15 is 0 Å². The summed E-state index contributed by atoms with van der Waals surface area (Å²) in [6.45, 7) is 0. The maximum Gasteiger partial charge on any atom is 0.145 e. The van der Waals surface area contributed by atoms with Crippen LogP contribution in [0.3, 0.4) is 0 Å². The molecule has 0 saturated carbocycles. The molecule has 0 fully saturated rings. The predicted molar refractivity (Wildman–Crippen MR) is 114 cm³/mol. The molecule has 0 radical (unpaired) electrons. The maximum absolute atomic E-state index is 6.43. The van der Waals surface area contributed by atoms with Gasteiger partial charge in [-0.05, 0) is 48.0 Å². The third kappa shape index (κ3) is 2.69. The van der Waals surface area contributed by atoms with Gasteiger partial charge in [-0.1, -0.05) is 59.6 Å². The second-order valence-electron chi connectivity index (χ2n) is 6.40. The molecule has 0 N–H and O–H groups in total. The van der Waals surface area contributed by atoms with Gasteiger partial charge < -0.3 is 0 Å². The molecule has 27 heavy (non-hydrogen) atoms. The molecule has 0 unspecified atom stereocenters. The van der Waals surface area contributed by atoms with Gasteiger partial charge in [0.25, 0.3) is 0 Å². The molecular weight excluding hydrogens is 375 g/mol. The number of rotatable bonds is 2. The average molecular weight is 389 g/mol. The second kappa shape index (κ2) is 6.41. The number of hydrogen-bond donors (Lipinski definition) is 0. The van der Waals surface area contributed by atoms with Gasteiger partial charge in [-0.3, -0.25) is 4.57 Å². The van der Waals surface area contributed by atoms with E-state index in [0.29, 0.717) is 10.0 Å². The molecule has 0 spiro atoms. The highest BCUT2D eigenvalue weighted by Gasteiger charge is 2.13. The van der Waals surface area contributed by atoms with E-state index in [9.17, 15) is 0 Å². The minimum Gasteiger partial charge on any atom is -0.294 e. The van der Waals surface area contributed by atoms with Crippen molar-refractivity contribution in [3.63, 3.8) is 0 Å². The van der Waals surface area contributed by atoms with E-state index in [1.807, 2.05) is 30.5 Å². The Kier molecular flexibility index (Phi) is 3.89. The molecule has 0 aliphatic rings. The lowest BCUT2D eigenvalue weighted by Gasteiger charge is -2.10. The molecule has 0 bridgehead atoms. The van der Waals surface area contributed by atoms with E-state index in [1.165, 1.54) is 5.39 Å². The number of benzene rings is 3. The van der Waals surface area contributed by atoms with Crippen molar-refractivity contribution in [2.75, 3.05) is 0 Å². The fourth-order valence-electron chi connectivity index (χ4n) is 3.59. The van der Waals surface area contributed by atoms with Crippen molar-refractivity contribution < 1.29 is 0 Å². The lowest BCUT2D eigenvalue weighted by Crippen LogP contribution is -1.95. The van der Waals surface area contributed by atoms with E-state index < -0.39 is 0 Å². The van der Waals surface area contributed by atoms with Gasteiger partial charge in [0.2, 0.25) is 0 Å². The number of hydrogen-bond acceptors (Lipinski definition) is 1. The second-order valence-corrected chi connectivity index (χ2v) is 7.25. The van der Waals surface area contributed by atoms with Crippen molar-refractivity contribution in [3.8, 4) is 16.8 Å². The first-order chi connectivity index (χ1) is 13.2. The Bertz CT molecular complexity index is 1250. The van der Waals surface area contributed by atoms with Crippen LogP contribution in [0.5, 0.6) is 0 Å². The number of halogens is 2. The summed E-state index contributed by atoms with van der Waals surface area (Å²) in [7, 11) is 0. The number of pyridine rings is 1. The Labute approximate surface area is 166 Å². The Hall–Kier alpha value is -2.81. The molecule has 3 aromatic carbocycles. The number of aromatic nitrogens is 2. The summed E-state index contributed by atoms with van der Waals surface area (Å²) in [4.78, 5) is 4.65. The van der Waals surface area contributed by atoms with Gasteiger partial charge in [0.05, 0.1) is 5.52 Å². The van der Waals surface area contributed by atoms with E-state index in [-0.39, 0.29) is 0 Å². The van der Waals surface area contributed by atoms with Crippen LogP contribution in [-0.2, 0) is 0 Å². The molecule has 5 aromatic rings. The molecule has 4 heteroatoms. The summed E-state index contributed by atoms with van der Waals surface area (Å²) in [5, 5.41) is 3.60. The normalized spacial score (nSPS) is 11.3. The van der Waals surface area contributed by atoms with Crippen molar-refractivity contribution >= 4 is 45.1 Å². The third-order valence-electron chi connectivity index (χ3n) is 4.78. The summed E-state index contributed by atoms with van der Waals surface area (Å²) < 4.78 is 2.19. The SMILES string of the molecule is Clc1ccc(-c2cccc(-n3c4ccccc4c4cccnc43)c2)c(Cl)c1. The van der Waals surface area contributed by atoms with Gasteiger partial charge in [0.1, 0.15) is 5.65 Å². The van der Waals surface area contributed by atoms with Gasteiger partial charge in [-0.15, -0.1) is 0 Å². The summed E-state index contributed by atoms with van der Waals surface area (Å²) in [6, 6.07) is 26.4. The van der Waals surface area contributed by atoms with Crippen molar-refractivity contribution in [2.45, 2.75) is 0 Å². The smallest absolute Gasteiger partial charge is 0.145 e. The predicted octanol–water partition coefficient (Wildman–Crippen LogP) is 7.15. The lowest BCUT2D eigenvalue weighted by molar-refractivity contribution is 1.14. The van der Waals surface area contributed by atoms with Gasteiger partial charge in [0.15, 0.2) is 0 Å². The Balaban J connectivity index is 1.78. The van der Waals surface area contributed by atoms with Crippen LogP contribution in [0.25, 0.3) is 38.8 Å². The maximum atomic E-state index is 6.43. The quantitative estimate of drug-likeness (QED) is 0.313. The highest BCUT2D eigenvalue weighted by atomic mass is 35.5. The van der Waals surface area contributed by atoms with Crippen molar-refractivity contribution in [3.05, 3.63) is 95.1 Å². The van der Waals surface area contributed by atoms with Gasteiger partial charge in [-0.25, -0.2) is 4.98 Å². The number of nitrogens with zero attached hydrogens (tertiary/aromatic N) is 2. The van der Waals surface area contributed by atoms with Gasteiger partial charge >= 0.3 is 0 Å². The molecule has 2 nitrogen and oxygen atoms in total. The zero-order chi connectivity index (χ0) is 18.4. The Morgan fingerprint density at radius 3 is 2.48 bits per heavy atom. The van der Waals surface area contributed by atoms with Crippen LogP contribution in [0, 0.1) is 0 Å². The summed E-state index contributed by atoms with van der Waals surface area (Å²) in [5.41, 5.74) is 5.11. The monoisotopic (exact) mass is 388 g/mol. The van der Waals surface area contributed by atoms with Crippen LogP contribution in [0.4, 0.5) is 0 Å². The molecule has 0 atom stereocenters. The lowest BCUT2D eigenvalue weighted by atomic mass is 10.0. The fraction of sp³-hybridized carbons (Fsp3) is 0. The van der Waals surface area contributed by atoms with Crippen molar-refractivity contribution in [1.29, 1.82) is 0 Å². The highest BCUT2D eigenvalue weighted by molar-refractivity contribution is 6.36.